The first-order valence-corrected chi connectivity index (χ1v) is 7.39. The summed E-state index contributed by atoms with van der Waals surface area (Å²) < 4.78 is 0. The van der Waals surface area contributed by atoms with Gasteiger partial charge in [0.25, 0.3) is 5.91 Å². The molecule has 0 spiro atoms. The summed E-state index contributed by atoms with van der Waals surface area (Å²) in [6.07, 6.45) is 3.28. The van der Waals surface area contributed by atoms with Crippen molar-refractivity contribution < 1.29 is 4.79 Å². The maximum Gasteiger partial charge on any atom is 0.251 e. The van der Waals surface area contributed by atoms with Crippen molar-refractivity contribution in [3.05, 3.63) is 42.2 Å². The molecule has 1 amide bonds. The fourth-order valence-corrected chi connectivity index (χ4v) is 2.11. The predicted octanol–water partition coefficient (Wildman–Crippen LogP) is 1.80. The lowest BCUT2D eigenvalue weighted by molar-refractivity contribution is 0.0918. The highest BCUT2D eigenvalue weighted by Gasteiger charge is 2.18. The van der Waals surface area contributed by atoms with Gasteiger partial charge in [-0.15, -0.1) is 0 Å². The van der Waals surface area contributed by atoms with Crippen LogP contribution in [0.3, 0.4) is 0 Å². The molecule has 1 aromatic heterocycles. The summed E-state index contributed by atoms with van der Waals surface area (Å²) in [5.74, 6) is 0.210. The van der Waals surface area contributed by atoms with E-state index in [9.17, 15) is 4.79 Å². The molecule has 2 aromatic rings. The Morgan fingerprint density at radius 2 is 1.95 bits per heavy atom. The van der Waals surface area contributed by atoms with E-state index in [0.717, 1.165) is 5.69 Å². The normalized spacial score (nSPS) is 12.2. The molecule has 1 heterocycles. The van der Waals surface area contributed by atoms with Gasteiger partial charge >= 0.3 is 0 Å². The molecule has 6 nitrogen and oxygen atoms in total. The highest BCUT2D eigenvalue weighted by molar-refractivity contribution is 5.95. The Balaban J connectivity index is 2.09. The Hall–Kier alpha value is -2.37. The van der Waals surface area contributed by atoms with E-state index < -0.39 is 0 Å². The lowest BCUT2D eigenvalue weighted by Gasteiger charge is -2.22. The van der Waals surface area contributed by atoms with Crippen LogP contribution in [0.25, 0.3) is 0 Å². The average Bonchev–Trinajstić information content (AvgIpc) is 2.99. The van der Waals surface area contributed by atoms with Crippen molar-refractivity contribution in [3.8, 4) is 0 Å². The molecule has 0 aliphatic carbocycles. The summed E-state index contributed by atoms with van der Waals surface area (Å²) in [5, 5.41) is 11.3. The maximum absolute atomic E-state index is 12.5. The summed E-state index contributed by atoms with van der Waals surface area (Å²) in [5.41, 5.74) is 1.66. The maximum atomic E-state index is 12.5. The topological polar surface area (TPSA) is 63.1 Å². The van der Waals surface area contributed by atoms with Crippen molar-refractivity contribution in [1.29, 1.82) is 0 Å². The van der Waals surface area contributed by atoms with Crippen LogP contribution in [-0.4, -0.2) is 41.0 Å². The van der Waals surface area contributed by atoms with Crippen LogP contribution in [0.2, 0.25) is 0 Å². The van der Waals surface area contributed by atoms with Gasteiger partial charge in [0.15, 0.2) is 0 Å². The quantitative estimate of drug-likeness (QED) is 0.883. The second-order valence-electron chi connectivity index (χ2n) is 5.85. The minimum Gasteiger partial charge on any atom is -0.378 e. The molecule has 118 valence electrons. The summed E-state index contributed by atoms with van der Waals surface area (Å²) in [6.45, 7) is 4.71. The second-order valence-corrected chi connectivity index (χ2v) is 5.85. The summed E-state index contributed by atoms with van der Waals surface area (Å²) in [4.78, 5) is 16.1. The summed E-state index contributed by atoms with van der Waals surface area (Å²) in [6, 6.07) is 7.56. The van der Waals surface area contributed by atoms with Gasteiger partial charge in [0.2, 0.25) is 0 Å². The minimum absolute atomic E-state index is 0.0251. The summed E-state index contributed by atoms with van der Waals surface area (Å²) in [7, 11) is 3.91. The molecule has 0 saturated carbocycles. The van der Waals surface area contributed by atoms with E-state index in [1.54, 1.807) is 17.2 Å². The van der Waals surface area contributed by atoms with Crippen molar-refractivity contribution in [1.82, 2.24) is 20.3 Å². The molecule has 0 aliphatic rings. The third kappa shape index (κ3) is 4.07. The molecule has 1 atom stereocenters. The highest BCUT2D eigenvalue weighted by atomic mass is 16.1. The molecule has 1 unspecified atom stereocenters. The number of anilines is 1. The van der Waals surface area contributed by atoms with Gasteiger partial charge in [0, 0.05) is 25.3 Å². The number of carbonyl (C=O) groups is 1. The van der Waals surface area contributed by atoms with Crippen molar-refractivity contribution in [2.24, 2.45) is 5.92 Å². The molecule has 0 saturated heterocycles. The van der Waals surface area contributed by atoms with Crippen LogP contribution in [0.1, 0.15) is 24.2 Å². The first kappa shape index (κ1) is 16.0. The van der Waals surface area contributed by atoms with Gasteiger partial charge in [0.1, 0.15) is 0 Å². The van der Waals surface area contributed by atoms with Gasteiger partial charge in [-0.25, -0.2) is 0 Å². The Bertz CT molecular complexity index is 607. The fourth-order valence-electron chi connectivity index (χ4n) is 2.11. The zero-order chi connectivity index (χ0) is 16.1. The SMILES string of the molecule is CC(C)C(Cn1nccn1)NC(=O)c1cccc(N(C)C)c1. The number of hydrogen-bond donors (Lipinski definition) is 1. The lowest BCUT2D eigenvalue weighted by atomic mass is 10.0. The second kappa shape index (κ2) is 7.06. The van der Waals surface area contributed by atoms with Crippen molar-refractivity contribution in [2.75, 3.05) is 19.0 Å². The molecule has 0 bridgehead atoms. The molecule has 0 fully saturated rings. The van der Waals surface area contributed by atoms with Gasteiger partial charge in [0.05, 0.1) is 25.0 Å². The highest BCUT2D eigenvalue weighted by Crippen LogP contribution is 2.14. The number of nitrogens with zero attached hydrogens (tertiary/aromatic N) is 4. The molecule has 22 heavy (non-hydrogen) atoms. The number of aromatic nitrogens is 3. The van der Waals surface area contributed by atoms with Gasteiger partial charge in [-0.2, -0.15) is 15.0 Å². The van der Waals surface area contributed by atoms with E-state index in [4.69, 9.17) is 0 Å². The largest absolute Gasteiger partial charge is 0.378 e. The van der Waals surface area contributed by atoms with Crippen molar-refractivity contribution in [3.63, 3.8) is 0 Å². The first-order chi connectivity index (χ1) is 10.5. The van der Waals surface area contributed by atoms with Crippen molar-refractivity contribution >= 4 is 11.6 Å². The van der Waals surface area contributed by atoms with Crippen LogP contribution in [-0.2, 0) is 6.54 Å². The van der Waals surface area contributed by atoms with Gasteiger partial charge in [-0.1, -0.05) is 19.9 Å². The van der Waals surface area contributed by atoms with E-state index in [1.807, 2.05) is 43.3 Å². The number of hydrogen-bond acceptors (Lipinski definition) is 4. The van der Waals surface area contributed by atoms with E-state index in [-0.39, 0.29) is 17.9 Å². The number of nitrogens with one attached hydrogen (secondary N) is 1. The van der Waals surface area contributed by atoms with Crippen LogP contribution in [0, 0.1) is 5.92 Å². The molecule has 0 radical (unpaired) electrons. The zero-order valence-corrected chi connectivity index (χ0v) is 13.5. The van der Waals surface area contributed by atoms with Gasteiger partial charge in [-0.3, -0.25) is 4.79 Å². The van der Waals surface area contributed by atoms with E-state index in [1.165, 1.54) is 0 Å². The van der Waals surface area contributed by atoms with Crippen LogP contribution in [0.4, 0.5) is 5.69 Å². The Kier molecular flexibility index (Phi) is 5.14. The monoisotopic (exact) mass is 301 g/mol. The van der Waals surface area contributed by atoms with Gasteiger partial charge in [-0.05, 0) is 24.1 Å². The van der Waals surface area contributed by atoms with E-state index in [2.05, 4.69) is 29.4 Å². The van der Waals surface area contributed by atoms with Crippen LogP contribution >= 0.6 is 0 Å². The Morgan fingerprint density at radius 1 is 1.27 bits per heavy atom. The minimum atomic E-state index is -0.0745. The average molecular weight is 301 g/mol. The number of carbonyl (C=O) groups excluding carboxylic acids is 1. The third-order valence-corrected chi connectivity index (χ3v) is 3.57. The third-order valence-electron chi connectivity index (χ3n) is 3.57. The number of benzene rings is 1. The number of rotatable bonds is 6. The molecular formula is C16H23N5O. The number of amides is 1. The van der Waals surface area contributed by atoms with E-state index >= 15 is 0 Å². The van der Waals surface area contributed by atoms with Crippen LogP contribution in [0.5, 0.6) is 0 Å². The molecule has 6 heteroatoms. The van der Waals surface area contributed by atoms with Gasteiger partial charge < -0.3 is 10.2 Å². The standard InChI is InChI=1S/C16H23N5O/c1-12(2)15(11-21-17-8-9-18-21)19-16(22)13-6-5-7-14(10-13)20(3)4/h5-10,12,15H,11H2,1-4H3,(H,19,22). The van der Waals surface area contributed by atoms with Crippen LogP contribution in [0.15, 0.2) is 36.7 Å². The Labute approximate surface area is 131 Å². The molecule has 1 aromatic carbocycles. The smallest absolute Gasteiger partial charge is 0.251 e. The predicted molar refractivity (Wildman–Crippen MR) is 86.9 cm³/mol. The first-order valence-electron chi connectivity index (χ1n) is 7.39. The molecule has 1 N–H and O–H groups in total. The fraction of sp³-hybridized carbons (Fsp3) is 0.438. The van der Waals surface area contributed by atoms with E-state index in [0.29, 0.717) is 12.1 Å². The molecule has 0 aliphatic heterocycles. The Morgan fingerprint density at radius 3 is 2.55 bits per heavy atom. The molecular weight excluding hydrogens is 278 g/mol. The van der Waals surface area contributed by atoms with Crippen LogP contribution < -0.4 is 10.2 Å². The zero-order valence-electron chi connectivity index (χ0n) is 13.5. The van der Waals surface area contributed by atoms with Crippen molar-refractivity contribution in [2.45, 2.75) is 26.4 Å². The lowest BCUT2D eigenvalue weighted by Crippen LogP contribution is -2.42. The molecule has 2 rings (SSSR count). The summed E-state index contributed by atoms with van der Waals surface area (Å²) >= 11 is 0.